The Morgan fingerprint density at radius 1 is 1.00 bits per heavy atom. The van der Waals surface area contributed by atoms with E-state index in [-0.39, 0.29) is 5.56 Å². The van der Waals surface area contributed by atoms with E-state index in [1.807, 2.05) is 30.3 Å². The fraction of sp³-hybridized carbons (Fsp3) is 0. The van der Waals surface area contributed by atoms with Gasteiger partial charge in [-0.15, -0.1) is 0 Å². The molecular formula is C11H10N2O. The zero-order valence-corrected chi connectivity index (χ0v) is 7.55. The minimum atomic E-state index is -0.182. The van der Waals surface area contributed by atoms with Crippen LogP contribution in [0, 0.1) is 0 Å². The molecule has 3 heteroatoms. The number of benzene rings is 1. The summed E-state index contributed by atoms with van der Waals surface area (Å²) >= 11 is 0. The van der Waals surface area contributed by atoms with E-state index in [4.69, 9.17) is 5.84 Å². The summed E-state index contributed by atoms with van der Waals surface area (Å²) in [6.45, 7) is 0. The van der Waals surface area contributed by atoms with E-state index in [1.165, 1.54) is 6.20 Å². The average Bonchev–Trinajstić information content (AvgIpc) is 2.23. The monoisotopic (exact) mass is 186 g/mol. The highest BCUT2D eigenvalue weighted by Gasteiger charge is 2.02. The molecule has 2 rings (SSSR count). The van der Waals surface area contributed by atoms with E-state index < -0.39 is 0 Å². The first-order valence-corrected chi connectivity index (χ1v) is 4.31. The fourth-order valence-corrected chi connectivity index (χ4v) is 1.35. The first kappa shape index (κ1) is 8.56. The quantitative estimate of drug-likeness (QED) is 0.681. The van der Waals surface area contributed by atoms with Gasteiger partial charge in [0.1, 0.15) is 0 Å². The minimum absolute atomic E-state index is 0.182. The molecule has 0 saturated carbocycles. The molecule has 3 nitrogen and oxygen atoms in total. The van der Waals surface area contributed by atoms with E-state index in [0.29, 0.717) is 5.56 Å². The molecule has 0 saturated heterocycles. The number of pyridine rings is 1. The molecule has 0 bridgehead atoms. The molecule has 2 aromatic rings. The molecular weight excluding hydrogens is 176 g/mol. The standard InChI is InChI=1S/C11H10N2O/c12-13-8-4-7-10(11(13)14)9-5-2-1-3-6-9/h1-8H,12H2. The molecule has 0 spiro atoms. The van der Waals surface area contributed by atoms with Gasteiger partial charge in [0.2, 0.25) is 0 Å². The Hall–Kier alpha value is -2.03. The van der Waals surface area contributed by atoms with Crippen LogP contribution in [-0.2, 0) is 0 Å². The molecule has 0 radical (unpaired) electrons. The number of hydrogen-bond acceptors (Lipinski definition) is 2. The maximum absolute atomic E-state index is 11.6. The van der Waals surface area contributed by atoms with E-state index in [0.717, 1.165) is 10.2 Å². The van der Waals surface area contributed by atoms with Crippen LogP contribution < -0.4 is 11.4 Å². The number of nitrogens with two attached hydrogens (primary N) is 1. The third kappa shape index (κ3) is 1.40. The van der Waals surface area contributed by atoms with Gasteiger partial charge in [-0.05, 0) is 17.7 Å². The maximum Gasteiger partial charge on any atom is 0.276 e. The molecule has 14 heavy (non-hydrogen) atoms. The summed E-state index contributed by atoms with van der Waals surface area (Å²) in [4.78, 5) is 11.6. The van der Waals surface area contributed by atoms with Crippen molar-refractivity contribution >= 4 is 0 Å². The van der Waals surface area contributed by atoms with Gasteiger partial charge < -0.3 is 5.84 Å². The number of rotatable bonds is 1. The van der Waals surface area contributed by atoms with Gasteiger partial charge in [0.25, 0.3) is 5.56 Å². The zero-order chi connectivity index (χ0) is 9.97. The van der Waals surface area contributed by atoms with Gasteiger partial charge in [-0.2, -0.15) is 0 Å². The van der Waals surface area contributed by atoms with Gasteiger partial charge in [0.15, 0.2) is 0 Å². The molecule has 1 aromatic carbocycles. The highest BCUT2D eigenvalue weighted by atomic mass is 16.1. The van der Waals surface area contributed by atoms with Crippen LogP contribution in [0.2, 0.25) is 0 Å². The SMILES string of the molecule is Nn1cccc(-c2ccccc2)c1=O. The van der Waals surface area contributed by atoms with E-state index in [9.17, 15) is 4.79 Å². The van der Waals surface area contributed by atoms with Crippen LogP contribution in [0.1, 0.15) is 0 Å². The molecule has 70 valence electrons. The van der Waals surface area contributed by atoms with Crippen molar-refractivity contribution in [3.63, 3.8) is 0 Å². The lowest BCUT2D eigenvalue weighted by Gasteiger charge is -2.02. The lowest BCUT2D eigenvalue weighted by Crippen LogP contribution is -2.27. The van der Waals surface area contributed by atoms with Gasteiger partial charge in [-0.3, -0.25) is 4.79 Å². The van der Waals surface area contributed by atoms with Crippen molar-refractivity contribution in [1.82, 2.24) is 4.68 Å². The summed E-state index contributed by atoms with van der Waals surface area (Å²) < 4.78 is 1.09. The minimum Gasteiger partial charge on any atom is -0.336 e. The summed E-state index contributed by atoms with van der Waals surface area (Å²) in [5.41, 5.74) is 1.33. The summed E-state index contributed by atoms with van der Waals surface area (Å²) in [5, 5.41) is 0. The Bertz CT molecular complexity index is 488. The Kier molecular flexibility index (Phi) is 2.07. The van der Waals surface area contributed by atoms with Crippen molar-refractivity contribution in [2.24, 2.45) is 0 Å². The van der Waals surface area contributed by atoms with Crippen LogP contribution in [0.15, 0.2) is 53.5 Å². The molecule has 0 aliphatic carbocycles. The summed E-state index contributed by atoms with van der Waals surface area (Å²) in [5.74, 6) is 5.46. The fourth-order valence-electron chi connectivity index (χ4n) is 1.35. The summed E-state index contributed by atoms with van der Waals surface area (Å²) in [7, 11) is 0. The number of nitrogens with zero attached hydrogens (tertiary/aromatic N) is 1. The number of nitrogen functional groups attached to an aromatic ring is 1. The van der Waals surface area contributed by atoms with Crippen molar-refractivity contribution in [3.8, 4) is 11.1 Å². The van der Waals surface area contributed by atoms with Gasteiger partial charge in [0, 0.05) is 11.8 Å². The van der Waals surface area contributed by atoms with Gasteiger partial charge in [-0.25, -0.2) is 4.68 Å². The summed E-state index contributed by atoms with van der Waals surface area (Å²) in [6, 6.07) is 13.0. The van der Waals surface area contributed by atoms with Crippen molar-refractivity contribution in [2.45, 2.75) is 0 Å². The molecule has 0 aliphatic heterocycles. The van der Waals surface area contributed by atoms with Crippen molar-refractivity contribution in [1.29, 1.82) is 0 Å². The van der Waals surface area contributed by atoms with Crippen molar-refractivity contribution < 1.29 is 0 Å². The van der Waals surface area contributed by atoms with Crippen molar-refractivity contribution in [2.75, 3.05) is 5.84 Å². The Morgan fingerprint density at radius 2 is 1.71 bits per heavy atom. The number of hydrogen-bond donors (Lipinski definition) is 1. The number of aromatic nitrogens is 1. The third-order valence-corrected chi connectivity index (χ3v) is 2.06. The molecule has 0 amide bonds. The van der Waals surface area contributed by atoms with Crippen LogP contribution in [0.25, 0.3) is 11.1 Å². The Labute approximate surface area is 81.4 Å². The van der Waals surface area contributed by atoms with E-state index in [1.54, 1.807) is 12.1 Å². The highest BCUT2D eigenvalue weighted by Crippen LogP contribution is 2.12. The second-order valence-corrected chi connectivity index (χ2v) is 3.00. The molecule has 0 aliphatic rings. The second-order valence-electron chi connectivity index (χ2n) is 3.00. The molecule has 1 heterocycles. The predicted octanol–water partition coefficient (Wildman–Crippen LogP) is 1.23. The normalized spacial score (nSPS) is 10.0. The second kappa shape index (κ2) is 3.38. The van der Waals surface area contributed by atoms with Gasteiger partial charge >= 0.3 is 0 Å². The smallest absolute Gasteiger partial charge is 0.276 e. The van der Waals surface area contributed by atoms with E-state index in [2.05, 4.69) is 0 Å². The van der Waals surface area contributed by atoms with E-state index >= 15 is 0 Å². The van der Waals surface area contributed by atoms with Gasteiger partial charge in [-0.1, -0.05) is 30.3 Å². The highest BCUT2D eigenvalue weighted by molar-refractivity contribution is 5.61. The van der Waals surface area contributed by atoms with Gasteiger partial charge in [0.05, 0.1) is 0 Å². The van der Waals surface area contributed by atoms with Crippen LogP contribution in [0.3, 0.4) is 0 Å². The topological polar surface area (TPSA) is 48.0 Å². The maximum atomic E-state index is 11.6. The zero-order valence-electron chi connectivity index (χ0n) is 7.55. The van der Waals surface area contributed by atoms with Crippen LogP contribution >= 0.6 is 0 Å². The molecule has 0 unspecified atom stereocenters. The first-order chi connectivity index (χ1) is 6.79. The van der Waals surface area contributed by atoms with Crippen LogP contribution in [0.4, 0.5) is 0 Å². The largest absolute Gasteiger partial charge is 0.336 e. The first-order valence-electron chi connectivity index (χ1n) is 4.31. The molecule has 1 aromatic heterocycles. The lowest BCUT2D eigenvalue weighted by molar-refractivity contribution is 0.940. The van der Waals surface area contributed by atoms with Crippen LogP contribution in [0.5, 0.6) is 0 Å². The van der Waals surface area contributed by atoms with Crippen molar-refractivity contribution in [3.05, 3.63) is 59.0 Å². The molecule has 0 fully saturated rings. The molecule has 2 N–H and O–H groups in total. The molecule has 0 atom stereocenters. The predicted molar refractivity (Wildman–Crippen MR) is 56.3 cm³/mol. The Morgan fingerprint density at radius 3 is 2.43 bits per heavy atom. The average molecular weight is 186 g/mol. The summed E-state index contributed by atoms with van der Waals surface area (Å²) in [6.07, 6.45) is 1.54. The van der Waals surface area contributed by atoms with Crippen LogP contribution in [-0.4, -0.2) is 4.68 Å². The lowest BCUT2D eigenvalue weighted by atomic mass is 10.1. The third-order valence-electron chi connectivity index (χ3n) is 2.06. The Balaban J connectivity index is 2.64.